The topological polar surface area (TPSA) is 85.3 Å². The monoisotopic (exact) mass is 436 g/mol. The van der Waals surface area contributed by atoms with Crippen molar-refractivity contribution in [3.05, 3.63) is 30.1 Å². The molecule has 0 unspecified atom stereocenters. The molecule has 3 rings (SSSR count). The van der Waals surface area contributed by atoms with Crippen molar-refractivity contribution < 1.29 is 13.2 Å². The van der Waals surface area contributed by atoms with Crippen molar-refractivity contribution in [2.45, 2.75) is 8.69 Å². The molecule has 2 heterocycles. The van der Waals surface area contributed by atoms with Gasteiger partial charge in [0.25, 0.3) is 0 Å². The smallest absolute Gasteiger partial charge is 0.250 e. The van der Waals surface area contributed by atoms with Crippen LogP contribution in [0.5, 0.6) is 0 Å². The van der Waals surface area contributed by atoms with Crippen LogP contribution < -0.4 is 4.90 Å². The predicted octanol–water partition coefficient (Wildman–Crippen LogP) is 2.61. The lowest BCUT2D eigenvalue weighted by Gasteiger charge is -2.27. The quantitative estimate of drug-likeness (QED) is 0.682. The fraction of sp³-hybridized carbons (Fsp3) is 0.400. The number of morpholine rings is 1. The number of hydrogen-bond acceptors (Lipinski definition) is 7. The Hall–Kier alpha value is -1.19. The van der Waals surface area contributed by atoms with Crippen LogP contribution in [0, 0.1) is 0 Å². The average Bonchev–Trinajstić information content (AvgIpc) is 2.61. The second-order valence-electron chi connectivity index (χ2n) is 5.68. The molecular weight excluding hydrogens is 423 g/mol. The van der Waals surface area contributed by atoms with E-state index in [0.717, 1.165) is 6.26 Å². The first-order chi connectivity index (χ1) is 12.1. The van der Waals surface area contributed by atoms with Gasteiger partial charge >= 0.3 is 0 Å². The number of hydrogen-bond donors (Lipinski definition) is 0. The van der Waals surface area contributed by atoms with Gasteiger partial charge in [-0.25, -0.2) is 13.4 Å². The lowest BCUT2D eigenvalue weighted by atomic mass is 10.2. The molecule has 0 saturated carbocycles. The number of anilines is 1. The summed E-state index contributed by atoms with van der Waals surface area (Å²) in [5, 5.41) is 0. The maximum absolute atomic E-state index is 11.6. The van der Waals surface area contributed by atoms with E-state index in [9.17, 15) is 8.42 Å². The molecule has 1 aliphatic rings. The molecule has 1 fully saturated rings. The van der Waals surface area contributed by atoms with Gasteiger partial charge in [-0.05, 0) is 24.3 Å². The number of aromatic nitrogens is 3. The Morgan fingerprint density at radius 3 is 2.19 bits per heavy atom. The highest BCUT2D eigenvalue weighted by Gasteiger charge is 2.29. The molecule has 7 nitrogen and oxygen atoms in total. The molecule has 1 saturated heterocycles. The van der Waals surface area contributed by atoms with E-state index in [1.807, 2.05) is 4.90 Å². The summed E-state index contributed by atoms with van der Waals surface area (Å²) in [7, 11) is -3.30. The lowest BCUT2D eigenvalue weighted by Crippen LogP contribution is -2.37. The summed E-state index contributed by atoms with van der Waals surface area (Å²) in [6, 6.07) is 6.18. The maximum Gasteiger partial charge on any atom is 0.250 e. The van der Waals surface area contributed by atoms with Crippen molar-refractivity contribution >= 4 is 50.6 Å². The Morgan fingerprint density at radius 1 is 1.04 bits per heavy atom. The molecule has 2 aromatic rings. The zero-order valence-electron chi connectivity index (χ0n) is 13.7. The van der Waals surface area contributed by atoms with E-state index in [-0.39, 0.29) is 10.7 Å². The Balaban J connectivity index is 2.05. The zero-order chi connectivity index (χ0) is 18.9. The summed E-state index contributed by atoms with van der Waals surface area (Å²) in [5.41, 5.74) is 0.588. The fourth-order valence-corrected chi connectivity index (χ4v) is 3.26. The predicted molar refractivity (Wildman–Crippen MR) is 101 cm³/mol. The molecular formula is C15H15Cl3N4O3S. The molecule has 0 aliphatic carbocycles. The molecule has 0 N–H and O–H groups in total. The highest BCUT2D eigenvalue weighted by molar-refractivity contribution is 7.90. The molecule has 1 aromatic heterocycles. The van der Waals surface area contributed by atoms with Gasteiger partial charge in [-0.15, -0.1) is 0 Å². The van der Waals surface area contributed by atoms with E-state index < -0.39 is 13.6 Å². The maximum atomic E-state index is 11.6. The lowest BCUT2D eigenvalue weighted by molar-refractivity contribution is 0.122. The van der Waals surface area contributed by atoms with E-state index >= 15 is 0 Å². The third-order valence-corrected chi connectivity index (χ3v) is 5.35. The van der Waals surface area contributed by atoms with Gasteiger partial charge in [0.2, 0.25) is 9.74 Å². The number of rotatable bonds is 3. The van der Waals surface area contributed by atoms with Crippen molar-refractivity contribution in [1.82, 2.24) is 15.0 Å². The Morgan fingerprint density at radius 2 is 1.65 bits per heavy atom. The molecule has 1 aromatic carbocycles. The summed E-state index contributed by atoms with van der Waals surface area (Å²) in [6.45, 7) is 2.31. The van der Waals surface area contributed by atoms with Gasteiger partial charge in [-0.3, -0.25) is 0 Å². The number of sulfone groups is 1. The molecule has 0 atom stereocenters. The standard InChI is InChI=1S/C15H15Cl3N4O3S/c1-26(23,24)11-4-2-10(3-5-11)12-19-13(15(16,17)18)21-14(20-12)22-6-8-25-9-7-22/h2-5H,6-9H2,1H3. The van der Waals surface area contributed by atoms with Crippen LogP contribution in [-0.4, -0.2) is 55.9 Å². The van der Waals surface area contributed by atoms with E-state index in [0.29, 0.717) is 43.6 Å². The average molecular weight is 438 g/mol. The third kappa shape index (κ3) is 4.55. The minimum Gasteiger partial charge on any atom is -0.378 e. The highest BCUT2D eigenvalue weighted by atomic mass is 35.6. The SMILES string of the molecule is CS(=O)(=O)c1ccc(-c2nc(N3CCOCC3)nc(C(Cl)(Cl)Cl)n2)cc1. The van der Waals surface area contributed by atoms with Crippen molar-refractivity contribution in [2.24, 2.45) is 0 Å². The van der Waals surface area contributed by atoms with Gasteiger partial charge in [0.15, 0.2) is 21.5 Å². The van der Waals surface area contributed by atoms with E-state index in [4.69, 9.17) is 39.5 Å². The van der Waals surface area contributed by atoms with Crippen LogP contribution in [0.25, 0.3) is 11.4 Å². The minimum absolute atomic E-state index is 0.00109. The Kier molecular flexibility index (Phi) is 5.60. The van der Waals surface area contributed by atoms with Crippen LogP contribution in [0.4, 0.5) is 5.95 Å². The van der Waals surface area contributed by atoms with Crippen molar-refractivity contribution in [1.29, 1.82) is 0 Å². The fourth-order valence-electron chi connectivity index (χ4n) is 2.38. The van der Waals surface area contributed by atoms with Crippen molar-refractivity contribution in [2.75, 3.05) is 37.5 Å². The van der Waals surface area contributed by atoms with Crippen LogP contribution in [0.15, 0.2) is 29.2 Å². The summed E-state index contributed by atoms with van der Waals surface area (Å²) >= 11 is 17.9. The molecule has 11 heteroatoms. The van der Waals surface area contributed by atoms with Crippen LogP contribution >= 0.6 is 34.8 Å². The van der Waals surface area contributed by atoms with E-state index in [1.54, 1.807) is 12.1 Å². The molecule has 0 amide bonds. The first-order valence-corrected chi connectivity index (χ1v) is 10.6. The number of halogens is 3. The van der Waals surface area contributed by atoms with Gasteiger partial charge in [-0.2, -0.15) is 9.97 Å². The van der Waals surface area contributed by atoms with Crippen LogP contribution in [-0.2, 0) is 18.4 Å². The van der Waals surface area contributed by atoms with Gasteiger partial charge in [0.05, 0.1) is 18.1 Å². The molecule has 140 valence electrons. The van der Waals surface area contributed by atoms with Gasteiger partial charge in [-0.1, -0.05) is 34.8 Å². The Labute approximate surface area is 166 Å². The molecule has 0 radical (unpaired) electrons. The second kappa shape index (κ2) is 7.44. The third-order valence-electron chi connectivity index (χ3n) is 3.71. The van der Waals surface area contributed by atoms with Gasteiger partial charge in [0, 0.05) is 24.9 Å². The second-order valence-corrected chi connectivity index (χ2v) is 9.97. The number of ether oxygens (including phenoxy) is 1. The summed E-state index contributed by atoms with van der Waals surface area (Å²) < 4.78 is 26.7. The Bertz CT molecular complexity index is 895. The molecule has 26 heavy (non-hydrogen) atoms. The number of alkyl halides is 3. The van der Waals surface area contributed by atoms with Crippen LogP contribution in [0.2, 0.25) is 0 Å². The number of nitrogens with zero attached hydrogens (tertiary/aromatic N) is 4. The van der Waals surface area contributed by atoms with E-state index in [2.05, 4.69) is 15.0 Å². The molecule has 0 spiro atoms. The molecule has 1 aliphatic heterocycles. The number of benzene rings is 1. The normalized spacial score (nSPS) is 15.9. The minimum atomic E-state index is -3.30. The van der Waals surface area contributed by atoms with Crippen LogP contribution in [0.3, 0.4) is 0 Å². The van der Waals surface area contributed by atoms with E-state index in [1.165, 1.54) is 12.1 Å². The van der Waals surface area contributed by atoms with Crippen molar-refractivity contribution in [3.63, 3.8) is 0 Å². The summed E-state index contributed by atoms with van der Waals surface area (Å²) in [4.78, 5) is 15.1. The largest absolute Gasteiger partial charge is 0.378 e. The van der Waals surface area contributed by atoms with Crippen LogP contribution in [0.1, 0.15) is 5.82 Å². The highest BCUT2D eigenvalue weighted by Crippen LogP contribution is 2.37. The molecule has 0 bridgehead atoms. The summed E-state index contributed by atoms with van der Waals surface area (Å²) in [5.74, 6) is 0.677. The zero-order valence-corrected chi connectivity index (χ0v) is 16.8. The first-order valence-electron chi connectivity index (χ1n) is 7.61. The van der Waals surface area contributed by atoms with Crippen molar-refractivity contribution in [3.8, 4) is 11.4 Å². The first kappa shape index (κ1) is 19.6. The summed E-state index contributed by atoms with van der Waals surface area (Å²) in [6.07, 6.45) is 1.14. The van der Waals surface area contributed by atoms with Gasteiger partial charge in [0.1, 0.15) is 0 Å². The van der Waals surface area contributed by atoms with Gasteiger partial charge < -0.3 is 9.64 Å².